The predicted molar refractivity (Wildman–Crippen MR) is 126 cm³/mol. The van der Waals surface area contributed by atoms with E-state index in [2.05, 4.69) is 20.6 Å². The van der Waals surface area contributed by atoms with Crippen molar-refractivity contribution in [1.29, 1.82) is 0 Å². The van der Waals surface area contributed by atoms with Gasteiger partial charge in [-0.1, -0.05) is 20.3 Å². The molecule has 0 fully saturated rings. The lowest BCUT2D eigenvalue weighted by Crippen LogP contribution is -2.49. The molecule has 0 spiro atoms. The van der Waals surface area contributed by atoms with E-state index in [1.165, 1.54) is 42.5 Å². The summed E-state index contributed by atoms with van der Waals surface area (Å²) in [5, 5.41) is 8.10. The molecule has 2 N–H and O–H groups in total. The first-order chi connectivity index (χ1) is 15.8. The average molecular weight is 474 g/mol. The number of anilines is 1. The van der Waals surface area contributed by atoms with Crippen LogP contribution in [-0.4, -0.2) is 46.6 Å². The number of aromatic nitrogens is 3. The summed E-state index contributed by atoms with van der Waals surface area (Å²) in [4.78, 5) is 47.0. The average Bonchev–Trinajstić information content (AvgIpc) is 3.22. The highest BCUT2D eigenvalue weighted by atomic mass is 32.1. The van der Waals surface area contributed by atoms with Gasteiger partial charge >= 0.3 is 0 Å². The summed E-state index contributed by atoms with van der Waals surface area (Å²) in [6, 6.07) is 2.35. The van der Waals surface area contributed by atoms with Crippen molar-refractivity contribution < 1.29 is 19.1 Å². The quantitative estimate of drug-likeness (QED) is 0.489. The molecule has 2 atom stereocenters. The number of hydrogen-bond donors (Lipinski definition) is 2. The largest absolute Gasteiger partial charge is 0.493 e. The van der Waals surface area contributed by atoms with Crippen LogP contribution in [-0.2, 0) is 16.1 Å². The Morgan fingerprint density at radius 2 is 1.91 bits per heavy atom. The van der Waals surface area contributed by atoms with Crippen molar-refractivity contribution in [2.45, 2.75) is 39.8 Å². The number of methoxy groups -OCH3 is 2. The van der Waals surface area contributed by atoms with Gasteiger partial charge in [-0.05, 0) is 18.9 Å². The van der Waals surface area contributed by atoms with Crippen LogP contribution in [0.25, 0.3) is 10.9 Å². The zero-order chi connectivity index (χ0) is 24.1. The lowest BCUT2D eigenvalue weighted by Gasteiger charge is -2.23. The molecule has 33 heavy (non-hydrogen) atoms. The Labute approximate surface area is 195 Å². The number of nitrogens with one attached hydrogen (secondary N) is 2. The van der Waals surface area contributed by atoms with E-state index >= 15 is 0 Å². The molecule has 1 aromatic carbocycles. The summed E-state index contributed by atoms with van der Waals surface area (Å²) < 4.78 is 11.7. The van der Waals surface area contributed by atoms with Crippen molar-refractivity contribution >= 4 is 39.2 Å². The Balaban J connectivity index is 1.80. The maximum absolute atomic E-state index is 12.9. The number of carbonyl (C=O) groups excluding carboxylic acids is 2. The van der Waals surface area contributed by atoms with Gasteiger partial charge in [-0.2, -0.15) is 0 Å². The van der Waals surface area contributed by atoms with Gasteiger partial charge in [-0.15, -0.1) is 11.3 Å². The molecule has 2 heterocycles. The highest BCUT2D eigenvalue weighted by Crippen LogP contribution is 2.29. The molecule has 0 radical (unpaired) electrons. The second-order valence-electron chi connectivity index (χ2n) is 7.62. The number of benzene rings is 1. The fourth-order valence-corrected chi connectivity index (χ4v) is 3.96. The SMILES string of the molecule is CC[C@H](C)[C@@H](NC(=O)Cn1cnc2cc(OC)c(OC)cc2c1=O)C(=O)Nc1nc(C)cs1. The van der Waals surface area contributed by atoms with Crippen LogP contribution in [0.2, 0.25) is 0 Å². The van der Waals surface area contributed by atoms with E-state index in [1.807, 2.05) is 26.2 Å². The van der Waals surface area contributed by atoms with Gasteiger partial charge in [0.15, 0.2) is 16.6 Å². The molecule has 3 rings (SSSR count). The number of fused-ring (bicyclic) bond motifs is 1. The maximum Gasteiger partial charge on any atom is 0.261 e. The Hall–Kier alpha value is -3.47. The van der Waals surface area contributed by atoms with Crippen molar-refractivity contribution in [2.75, 3.05) is 19.5 Å². The van der Waals surface area contributed by atoms with Crippen LogP contribution in [0.5, 0.6) is 11.5 Å². The first kappa shape index (κ1) is 24.2. The van der Waals surface area contributed by atoms with E-state index in [0.717, 1.165) is 5.69 Å². The number of amides is 2. The van der Waals surface area contributed by atoms with Gasteiger partial charge in [-0.3, -0.25) is 19.0 Å². The van der Waals surface area contributed by atoms with E-state index in [9.17, 15) is 14.4 Å². The lowest BCUT2D eigenvalue weighted by molar-refractivity contribution is -0.128. The Morgan fingerprint density at radius 3 is 2.52 bits per heavy atom. The van der Waals surface area contributed by atoms with Gasteiger partial charge in [0.05, 0.1) is 37.1 Å². The third-order valence-corrected chi connectivity index (χ3v) is 6.18. The molecule has 0 aliphatic carbocycles. The smallest absolute Gasteiger partial charge is 0.261 e. The standard InChI is InChI=1S/C22H27N5O5S/c1-6-12(2)19(20(29)26-22-24-13(3)10-33-22)25-18(28)9-27-11-23-15-8-17(32-5)16(31-4)7-14(15)21(27)30/h7-8,10-12,19H,6,9H2,1-5H3,(H,25,28)(H,24,26,29)/t12-,19+/m0/s1. The number of ether oxygens (including phenoxy) is 2. The molecule has 11 heteroatoms. The first-order valence-electron chi connectivity index (χ1n) is 10.4. The van der Waals surface area contributed by atoms with Crippen LogP contribution in [0, 0.1) is 12.8 Å². The second kappa shape index (κ2) is 10.4. The first-order valence-corrected chi connectivity index (χ1v) is 11.3. The second-order valence-corrected chi connectivity index (χ2v) is 8.47. The van der Waals surface area contributed by atoms with E-state index in [1.54, 1.807) is 6.07 Å². The monoisotopic (exact) mass is 473 g/mol. The maximum atomic E-state index is 12.9. The molecular formula is C22H27N5O5S. The molecule has 0 saturated carbocycles. The van der Waals surface area contributed by atoms with Gasteiger partial charge in [-0.25, -0.2) is 9.97 Å². The number of thiazole rings is 1. The van der Waals surface area contributed by atoms with E-state index < -0.39 is 17.5 Å². The van der Waals surface area contributed by atoms with Crippen LogP contribution in [0.4, 0.5) is 5.13 Å². The fourth-order valence-electron chi connectivity index (χ4n) is 3.27. The number of hydrogen-bond acceptors (Lipinski definition) is 8. The van der Waals surface area contributed by atoms with E-state index in [0.29, 0.717) is 34.0 Å². The number of aryl methyl sites for hydroxylation is 1. The van der Waals surface area contributed by atoms with Gasteiger partial charge < -0.3 is 20.1 Å². The third kappa shape index (κ3) is 5.48. The van der Waals surface area contributed by atoms with Gasteiger partial charge in [0.25, 0.3) is 5.56 Å². The molecule has 0 saturated heterocycles. The number of carbonyl (C=O) groups is 2. The molecule has 2 amide bonds. The van der Waals surface area contributed by atoms with Crippen molar-refractivity contribution in [3.05, 3.63) is 39.9 Å². The molecule has 3 aromatic rings. The van der Waals surface area contributed by atoms with E-state index in [-0.39, 0.29) is 18.4 Å². The summed E-state index contributed by atoms with van der Waals surface area (Å²) >= 11 is 1.32. The minimum atomic E-state index is -0.778. The van der Waals surface area contributed by atoms with Crippen LogP contribution >= 0.6 is 11.3 Å². The lowest BCUT2D eigenvalue weighted by atomic mass is 9.98. The Morgan fingerprint density at radius 1 is 1.21 bits per heavy atom. The van der Waals surface area contributed by atoms with E-state index in [4.69, 9.17) is 9.47 Å². The van der Waals surface area contributed by atoms with Gasteiger partial charge in [0.1, 0.15) is 12.6 Å². The predicted octanol–water partition coefficient (Wildman–Crippen LogP) is 2.35. The Bertz CT molecular complexity index is 1220. The topological polar surface area (TPSA) is 124 Å². The summed E-state index contributed by atoms with van der Waals surface area (Å²) in [7, 11) is 2.97. The summed E-state index contributed by atoms with van der Waals surface area (Å²) in [5.41, 5.74) is 0.820. The van der Waals surface area contributed by atoms with Crippen molar-refractivity contribution in [1.82, 2.24) is 19.9 Å². The van der Waals surface area contributed by atoms with Gasteiger partial charge in [0, 0.05) is 11.4 Å². The highest BCUT2D eigenvalue weighted by Gasteiger charge is 2.27. The van der Waals surface area contributed by atoms with Crippen LogP contribution in [0.3, 0.4) is 0 Å². The number of nitrogens with zero attached hydrogens (tertiary/aromatic N) is 3. The zero-order valence-electron chi connectivity index (χ0n) is 19.2. The summed E-state index contributed by atoms with van der Waals surface area (Å²) in [6.07, 6.45) is 1.97. The molecule has 0 aliphatic rings. The molecule has 0 bridgehead atoms. The van der Waals surface area contributed by atoms with Crippen molar-refractivity contribution in [3.63, 3.8) is 0 Å². The Kier molecular flexibility index (Phi) is 7.64. The van der Waals surface area contributed by atoms with Crippen LogP contribution < -0.4 is 25.7 Å². The molecule has 0 unspecified atom stereocenters. The molecular weight excluding hydrogens is 446 g/mol. The highest BCUT2D eigenvalue weighted by molar-refractivity contribution is 7.13. The fraction of sp³-hybridized carbons (Fsp3) is 0.409. The zero-order valence-corrected chi connectivity index (χ0v) is 20.0. The van der Waals surface area contributed by atoms with Crippen molar-refractivity contribution in [2.24, 2.45) is 5.92 Å². The molecule has 2 aromatic heterocycles. The summed E-state index contributed by atoms with van der Waals surface area (Å²) in [6.45, 7) is 5.36. The molecule has 10 nitrogen and oxygen atoms in total. The summed E-state index contributed by atoms with van der Waals surface area (Å²) in [5.74, 6) is -0.122. The van der Waals surface area contributed by atoms with Crippen LogP contribution in [0.1, 0.15) is 26.0 Å². The van der Waals surface area contributed by atoms with Crippen molar-refractivity contribution in [3.8, 4) is 11.5 Å². The minimum Gasteiger partial charge on any atom is -0.493 e. The number of rotatable bonds is 9. The molecule has 176 valence electrons. The van der Waals surface area contributed by atoms with Gasteiger partial charge in [0.2, 0.25) is 11.8 Å². The minimum absolute atomic E-state index is 0.127. The third-order valence-electron chi connectivity index (χ3n) is 5.30. The normalized spacial score (nSPS) is 12.8. The molecule has 0 aliphatic heterocycles. The van der Waals surface area contributed by atoms with Crippen LogP contribution in [0.15, 0.2) is 28.6 Å².